The summed E-state index contributed by atoms with van der Waals surface area (Å²) in [4.78, 5) is 0. The molecule has 1 aromatic carbocycles. The number of ether oxygens (including phenoxy) is 1. The lowest BCUT2D eigenvalue weighted by atomic mass is 9.75. The Kier molecular flexibility index (Phi) is 5.81. The molecule has 0 heterocycles. The molecule has 1 aromatic rings. The van der Waals surface area contributed by atoms with Gasteiger partial charge in [0.1, 0.15) is 5.82 Å². The predicted octanol–water partition coefficient (Wildman–Crippen LogP) is 4.48. The Bertz CT molecular complexity index is 470. The number of hydrogen-bond donors (Lipinski definition) is 1. The second kappa shape index (κ2) is 7.21. The molecule has 1 N–H and O–H groups in total. The molecule has 1 saturated carbocycles. The Hall–Kier alpha value is -0.450. The van der Waals surface area contributed by atoms with Crippen molar-refractivity contribution >= 4 is 15.9 Å². The van der Waals surface area contributed by atoms with Crippen molar-refractivity contribution < 1.29 is 14.2 Å². The summed E-state index contributed by atoms with van der Waals surface area (Å²) in [5, 5.41) is 10.7. The normalized spacial score (nSPS) is 27.6. The summed E-state index contributed by atoms with van der Waals surface area (Å²) in [5.74, 6) is 0.404. The van der Waals surface area contributed by atoms with E-state index in [1.165, 1.54) is 6.07 Å². The number of benzene rings is 1. The van der Waals surface area contributed by atoms with Gasteiger partial charge in [-0.05, 0) is 62.3 Å². The number of halogens is 2. The van der Waals surface area contributed by atoms with Crippen LogP contribution in [0.25, 0.3) is 0 Å². The van der Waals surface area contributed by atoms with Crippen molar-refractivity contribution in [2.24, 2.45) is 5.92 Å². The van der Waals surface area contributed by atoms with Gasteiger partial charge in [-0.25, -0.2) is 4.39 Å². The van der Waals surface area contributed by atoms with Crippen LogP contribution in [0.3, 0.4) is 0 Å². The Morgan fingerprint density at radius 3 is 2.71 bits per heavy atom. The lowest BCUT2D eigenvalue weighted by Crippen LogP contribution is -2.48. The molecule has 1 aliphatic carbocycles. The first-order valence-corrected chi connectivity index (χ1v) is 8.52. The zero-order valence-electron chi connectivity index (χ0n) is 12.7. The first-order valence-electron chi connectivity index (χ1n) is 7.73. The molecule has 1 unspecified atom stereocenters. The highest BCUT2D eigenvalue weighted by Gasteiger charge is 2.41. The molecule has 21 heavy (non-hydrogen) atoms. The lowest BCUT2D eigenvalue weighted by molar-refractivity contribution is -0.143. The Morgan fingerprint density at radius 2 is 2.10 bits per heavy atom. The van der Waals surface area contributed by atoms with Gasteiger partial charge >= 0.3 is 0 Å². The van der Waals surface area contributed by atoms with Gasteiger partial charge in [-0.2, -0.15) is 0 Å². The summed E-state index contributed by atoms with van der Waals surface area (Å²) in [5.41, 5.74) is 0.0188. The summed E-state index contributed by atoms with van der Waals surface area (Å²) in [6.45, 7) is 4.76. The van der Waals surface area contributed by atoms with Crippen molar-refractivity contribution in [1.29, 1.82) is 0 Å². The van der Waals surface area contributed by atoms with Crippen LogP contribution in [0.15, 0.2) is 22.7 Å². The van der Waals surface area contributed by atoms with E-state index in [2.05, 4.69) is 22.9 Å². The van der Waals surface area contributed by atoms with E-state index >= 15 is 0 Å². The minimum atomic E-state index is -0.672. The summed E-state index contributed by atoms with van der Waals surface area (Å²) in [6.07, 6.45) is 3.42. The third-order valence-corrected chi connectivity index (χ3v) is 5.07. The van der Waals surface area contributed by atoms with E-state index < -0.39 is 11.7 Å². The lowest BCUT2D eigenvalue weighted by Gasteiger charge is -2.42. The summed E-state index contributed by atoms with van der Waals surface area (Å²) < 4.78 is 20.7. The zero-order chi connectivity index (χ0) is 15.5. The van der Waals surface area contributed by atoms with E-state index in [9.17, 15) is 9.50 Å². The van der Waals surface area contributed by atoms with Crippen LogP contribution < -0.4 is 0 Å². The second-order valence-corrected chi connectivity index (χ2v) is 7.05. The molecule has 0 spiro atoms. The van der Waals surface area contributed by atoms with E-state index in [0.717, 1.165) is 30.2 Å². The van der Waals surface area contributed by atoms with Gasteiger partial charge in [0.15, 0.2) is 0 Å². The number of rotatable bonds is 5. The molecule has 0 aromatic heterocycles. The molecule has 0 saturated heterocycles. The van der Waals surface area contributed by atoms with Gasteiger partial charge in [0, 0.05) is 17.5 Å². The van der Waals surface area contributed by atoms with Crippen LogP contribution in [0.2, 0.25) is 0 Å². The van der Waals surface area contributed by atoms with E-state index in [0.29, 0.717) is 24.5 Å². The molecule has 1 fully saturated rings. The zero-order valence-corrected chi connectivity index (χ0v) is 14.3. The maximum atomic E-state index is 13.9. The highest BCUT2D eigenvalue weighted by Crippen LogP contribution is 2.38. The van der Waals surface area contributed by atoms with Crippen LogP contribution in [0.1, 0.15) is 45.1 Å². The van der Waals surface area contributed by atoms with Crippen LogP contribution in [0.5, 0.6) is 0 Å². The number of aliphatic hydroxyl groups excluding tert-OH is 1. The molecule has 2 rings (SSSR count). The maximum Gasteiger partial charge on any atom is 0.126 e. The quantitative estimate of drug-likeness (QED) is 0.840. The SMILES string of the molecule is CCOC1(C(O)Cc2cc(Br)ccc2F)CCC(C)CC1. The van der Waals surface area contributed by atoms with E-state index in [-0.39, 0.29) is 5.82 Å². The van der Waals surface area contributed by atoms with Crippen LogP contribution in [-0.4, -0.2) is 23.4 Å². The molecule has 118 valence electrons. The standard InChI is InChI=1S/C17H24BrFO2/c1-3-21-17(8-6-12(2)7-9-17)16(20)11-13-10-14(18)4-5-15(13)19/h4-5,10,12,16,20H,3,6-9,11H2,1-2H3. The van der Waals surface area contributed by atoms with Crippen molar-refractivity contribution in [2.45, 2.75) is 57.7 Å². The van der Waals surface area contributed by atoms with Crippen LogP contribution >= 0.6 is 15.9 Å². The first kappa shape index (κ1) is 16.9. The summed E-state index contributed by atoms with van der Waals surface area (Å²) in [6, 6.07) is 4.85. The highest BCUT2D eigenvalue weighted by molar-refractivity contribution is 9.10. The van der Waals surface area contributed by atoms with Crippen molar-refractivity contribution in [3.05, 3.63) is 34.1 Å². The summed E-state index contributed by atoms with van der Waals surface area (Å²) >= 11 is 3.35. The average molecular weight is 359 g/mol. The molecular weight excluding hydrogens is 335 g/mol. The Labute approximate surface area is 134 Å². The van der Waals surface area contributed by atoms with Gasteiger partial charge in [0.05, 0.1) is 11.7 Å². The molecule has 1 atom stereocenters. The highest BCUT2D eigenvalue weighted by atomic mass is 79.9. The number of hydrogen-bond acceptors (Lipinski definition) is 2. The van der Waals surface area contributed by atoms with Gasteiger partial charge in [-0.15, -0.1) is 0 Å². The van der Waals surface area contributed by atoms with Gasteiger partial charge in [-0.3, -0.25) is 0 Å². The van der Waals surface area contributed by atoms with Crippen LogP contribution in [0.4, 0.5) is 4.39 Å². The predicted molar refractivity (Wildman–Crippen MR) is 85.8 cm³/mol. The van der Waals surface area contributed by atoms with E-state index in [1.807, 2.05) is 6.92 Å². The molecule has 0 amide bonds. The van der Waals surface area contributed by atoms with Gasteiger partial charge in [0.25, 0.3) is 0 Å². The largest absolute Gasteiger partial charge is 0.390 e. The van der Waals surface area contributed by atoms with E-state index in [4.69, 9.17) is 4.74 Å². The van der Waals surface area contributed by atoms with Crippen LogP contribution in [0, 0.1) is 11.7 Å². The molecule has 0 radical (unpaired) electrons. The third-order valence-electron chi connectivity index (χ3n) is 4.58. The Balaban J connectivity index is 2.15. The van der Waals surface area contributed by atoms with Crippen LogP contribution in [-0.2, 0) is 11.2 Å². The fraction of sp³-hybridized carbons (Fsp3) is 0.647. The molecular formula is C17H24BrFO2. The van der Waals surface area contributed by atoms with Gasteiger partial charge in [0.2, 0.25) is 0 Å². The fourth-order valence-corrected chi connectivity index (χ4v) is 3.61. The molecule has 4 heteroatoms. The monoisotopic (exact) mass is 358 g/mol. The Morgan fingerprint density at radius 1 is 1.43 bits per heavy atom. The minimum absolute atomic E-state index is 0.270. The average Bonchev–Trinajstić information content (AvgIpc) is 2.46. The van der Waals surface area contributed by atoms with Gasteiger partial charge in [-0.1, -0.05) is 22.9 Å². The van der Waals surface area contributed by atoms with Crippen molar-refractivity contribution in [3.8, 4) is 0 Å². The smallest absolute Gasteiger partial charge is 0.126 e. The fourth-order valence-electron chi connectivity index (χ4n) is 3.21. The van der Waals surface area contributed by atoms with Crippen molar-refractivity contribution in [1.82, 2.24) is 0 Å². The number of aliphatic hydroxyl groups is 1. The molecule has 2 nitrogen and oxygen atoms in total. The molecule has 1 aliphatic rings. The van der Waals surface area contributed by atoms with E-state index in [1.54, 1.807) is 12.1 Å². The topological polar surface area (TPSA) is 29.5 Å². The van der Waals surface area contributed by atoms with Gasteiger partial charge < -0.3 is 9.84 Å². The summed E-state index contributed by atoms with van der Waals surface area (Å²) in [7, 11) is 0. The van der Waals surface area contributed by atoms with Crippen molar-refractivity contribution in [3.63, 3.8) is 0 Å². The maximum absolute atomic E-state index is 13.9. The third kappa shape index (κ3) is 4.05. The minimum Gasteiger partial charge on any atom is -0.390 e. The molecule has 0 bridgehead atoms. The van der Waals surface area contributed by atoms with Crippen molar-refractivity contribution in [2.75, 3.05) is 6.61 Å². The first-order chi connectivity index (χ1) is 9.97. The molecule has 0 aliphatic heterocycles. The second-order valence-electron chi connectivity index (χ2n) is 6.14.